The van der Waals surface area contributed by atoms with Crippen molar-refractivity contribution in [2.24, 2.45) is 0 Å². The third-order valence-electron chi connectivity index (χ3n) is 5.58. The molecule has 9 heteroatoms. The molecule has 3 aromatic carbocycles. The monoisotopic (exact) mass is 502 g/mol. The first-order valence-corrected chi connectivity index (χ1v) is 12.3. The molecule has 0 saturated carbocycles. The summed E-state index contributed by atoms with van der Waals surface area (Å²) in [6.45, 7) is 5.52. The second-order valence-electron chi connectivity index (χ2n) is 7.80. The van der Waals surface area contributed by atoms with Gasteiger partial charge in [0, 0.05) is 11.1 Å². The minimum absolute atomic E-state index is 0.0110. The molecule has 1 amide bonds. The van der Waals surface area contributed by atoms with E-state index in [9.17, 15) is 13.2 Å². The fourth-order valence-electron chi connectivity index (χ4n) is 3.45. The molecular weight excluding hydrogens is 476 g/mol. The van der Waals surface area contributed by atoms with Crippen LogP contribution in [0.15, 0.2) is 59.5 Å². The van der Waals surface area contributed by atoms with Crippen molar-refractivity contribution >= 4 is 33.2 Å². The molecule has 0 heterocycles. The normalized spacial score (nSPS) is 12.1. The van der Waals surface area contributed by atoms with Crippen molar-refractivity contribution in [3.8, 4) is 11.5 Å². The Morgan fingerprint density at radius 1 is 1.00 bits per heavy atom. The summed E-state index contributed by atoms with van der Waals surface area (Å²) in [7, 11) is -0.945. The number of carbonyl (C=O) groups is 1. The van der Waals surface area contributed by atoms with Gasteiger partial charge in [0.2, 0.25) is 0 Å². The number of aryl methyl sites for hydroxylation is 1. The van der Waals surface area contributed by atoms with E-state index < -0.39 is 22.0 Å². The van der Waals surface area contributed by atoms with E-state index >= 15 is 0 Å². The maximum atomic E-state index is 13.1. The van der Waals surface area contributed by atoms with Gasteiger partial charge >= 0.3 is 0 Å². The van der Waals surface area contributed by atoms with Crippen LogP contribution in [0.25, 0.3) is 0 Å². The number of benzene rings is 3. The molecule has 0 aliphatic carbocycles. The first kappa shape index (κ1) is 25.4. The average Bonchev–Trinajstić information content (AvgIpc) is 2.81. The summed E-state index contributed by atoms with van der Waals surface area (Å²) in [5.74, 6) is 0.747. The SMILES string of the molecule is COc1ccc(OC)c([C@H](C)NC(=O)c2ccc(Cl)c(S(=O)(=O)Nc3cccc(C)c3C)c2)c1. The van der Waals surface area contributed by atoms with Gasteiger partial charge in [-0.15, -0.1) is 0 Å². The third-order valence-corrected chi connectivity index (χ3v) is 7.43. The third kappa shape index (κ3) is 5.46. The second kappa shape index (κ2) is 10.4. The first-order valence-electron chi connectivity index (χ1n) is 10.5. The van der Waals surface area contributed by atoms with E-state index in [0.717, 1.165) is 11.1 Å². The molecule has 34 heavy (non-hydrogen) atoms. The molecule has 3 rings (SSSR count). The number of rotatable bonds is 8. The molecule has 3 aromatic rings. The number of hydrogen-bond donors (Lipinski definition) is 2. The zero-order valence-electron chi connectivity index (χ0n) is 19.6. The van der Waals surface area contributed by atoms with E-state index in [4.69, 9.17) is 21.1 Å². The molecule has 0 unspecified atom stereocenters. The Hall–Kier alpha value is -3.23. The molecule has 0 radical (unpaired) electrons. The van der Waals surface area contributed by atoms with E-state index in [1.807, 2.05) is 19.9 Å². The minimum Gasteiger partial charge on any atom is -0.497 e. The summed E-state index contributed by atoms with van der Waals surface area (Å²) in [4.78, 5) is 12.8. The van der Waals surface area contributed by atoms with Gasteiger partial charge in [-0.1, -0.05) is 23.7 Å². The van der Waals surface area contributed by atoms with Gasteiger partial charge in [0.05, 0.1) is 31.0 Å². The molecule has 180 valence electrons. The fourth-order valence-corrected chi connectivity index (χ4v) is 5.10. The van der Waals surface area contributed by atoms with Crippen molar-refractivity contribution in [1.82, 2.24) is 5.32 Å². The van der Waals surface area contributed by atoms with E-state index in [2.05, 4.69) is 10.0 Å². The molecule has 1 atom stereocenters. The van der Waals surface area contributed by atoms with Crippen LogP contribution < -0.4 is 19.5 Å². The summed E-state index contributed by atoms with van der Waals surface area (Å²) >= 11 is 6.22. The van der Waals surface area contributed by atoms with Crippen molar-refractivity contribution in [3.05, 3.63) is 81.9 Å². The van der Waals surface area contributed by atoms with Crippen LogP contribution in [0.1, 0.15) is 40.0 Å². The number of hydrogen-bond acceptors (Lipinski definition) is 5. The average molecular weight is 503 g/mol. The van der Waals surface area contributed by atoms with E-state index in [1.165, 1.54) is 18.2 Å². The Bertz CT molecular complexity index is 1320. The number of halogens is 1. The van der Waals surface area contributed by atoms with Crippen molar-refractivity contribution in [2.45, 2.75) is 31.7 Å². The topological polar surface area (TPSA) is 93.7 Å². The fraction of sp³-hybridized carbons (Fsp3) is 0.240. The number of sulfonamides is 1. The Kier molecular flexibility index (Phi) is 7.74. The smallest absolute Gasteiger partial charge is 0.263 e. The summed E-state index contributed by atoms with van der Waals surface area (Å²) in [6.07, 6.45) is 0. The number of amides is 1. The lowest BCUT2D eigenvalue weighted by molar-refractivity contribution is 0.0939. The van der Waals surface area contributed by atoms with E-state index in [1.54, 1.807) is 51.5 Å². The van der Waals surface area contributed by atoms with E-state index in [-0.39, 0.29) is 15.5 Å². The summed E-state index contributed by atoms with van der Waals surface area (Å²) in [5, 5.41) is 2.88. The van der Waals surface area contributed by atoms with Crippen LogP contribution in [0.2, 0.25) is 5.02 Å². The van der Waals surface area contributed by atoms with E-state index in [0.29, 0.717) is 22.7 Å². The maximum Gasteiger partial charge on any atom is 0.263 e. The number of nitrogens with one attached hydrogen (secondary N) is 2. The largest absolute Gasteiger partial charge is 0.497 e. The van der Waals surface area contributed by atoms with Crippen LogP contribution in [-0.4, -0.2) is 28.5 Å². The van der Waals surface area contributed by atoms with Gasteiger partial charge in [0.1, 0.15) is 16.4 Å². The van der Waals surface area contributed by atoms with Crippen molar-refractivity contribution < 1.29 is 22.7 Å². The Balaban J connectivity index is 1.88. The number of anilines is 1. The highest BCUT2D eigenvalue weighted by Gasteiger charge is 2.23. The summed E-state index contributed by atoms with van der Waals surface area (Å²) in [5.41, 5.74) is 3.07. The van der Waals surface area contributed by atoms with Gasteiger partial charge in [-0.3, -0.25) is 9.52 Å². The van der Waals surface area contributed by atoms with Crippen molar-refractivity contribution in [2.75, 3.05) is 18.9 Å². The van der Waals surface area contributed by atoms with Gasteiger partial charge in [-0.25, -0.2) is 8.42 Å². The number of methoxy groups -OCH3 is 2. The Morgan fingerprint density at radius 3 is 2.41 bits per heavy atom. The number of carbonyl (C=O) groups excluding carboxylic acids is 1. The zero-order valence-corrected chi connectivity index (χ0v) is 21.2. The molecular formula is C25H27ClN2O5S. The van der Waals surface area contributed by atoms with Gasteiger partial charge < -0.3 is 14.8 Å². The molecule has 0 aromatic heterocycles. The van der Waals surface area contributed by atoms with Gasteiger partial charge in [0.15, 0.2) is 0 Å². The quantitative estimate of drug-likeness (QED) is 0.438. The summed E-state index contributed by atoms with van der Waals surface area (Å²) < 4.78 is 39.4. The molecule has 0 spiro atoms. The summed E-state index contributed by atoms with van der Waals surface area (Å²) in [6, 6.07) is 14.3. The lowest BCUT2D eigenvalue weighted by Gasteiger charge is -2.19. The second-order valence-corrected chi connectivity index (χ2v) is 9.86. The standard InChI is InChI=1S/C25H27ClN2O5S/c1-15-7-6-8-22(16(15)2)28-34(30,31)24-13-18(9-11-21(24)26)25(29)27-17(3)20-14-19(32-4)10-12-23(20)33-5/h6-14,17,28H,1-5H3,(H,27,29)/t17-/m0/s1. The predicted octanol–water partition coefficient (Wildman–Crippen LogP) is 5.27. The van der Waals surface area contributed by atoms with Crippen LogP contribution in [-0.2, 0) is 10.0 Å². The predicted molar refractivity (Wildman–Crippen MR) is 134 cm³/mol. The van der Waals surface area contributed by atoms with Crippen molar-refractivity contribution in [3.63, 3.8) is 0 Å². The molecule has 0 bridgehead atoms. The molecule has 2 N–H and O–H groups in total. The van der Waals surface area contributed by atoms with Crippen LogP contribution in [0.5, 0.6) is 11.5 Å². The zero-order chi connectivity index (χ0) is 25.0. The van der Waals surface area contributed by atoms with Crippen LogP contribution >= 0.6 is 11.6 Å². The first-order chi connectivity index (χ1) is 16.1. The lowest BCUT2D eigenvalue weighted by Crippen LogP contribution is -2.27. The highest BCUT2D eigenvalue weighted by molar-refractivity contribution is 7.92. The highest BCUT2D eigenvalue weighted by Crippen LogP contribution is 2.30. The Morgan fingerprint density at radius 2 is 1.74 bits per heavy atom. The highest BCUT2D eigenvalue weighted by atomic mass is 35.5. The number of ether oxygens (including phenoxy) is 2. The molecule has 0 aliphatic heterocycles. The Labute approximate surface area is 205 Å². The lowest BCUT2D eigenvalue weighted by atomic mass is 10.1. The van der Waals surface area contributed by atoms with Gasteiger partial charge in [-0.05, 0) is 74.4 Å². The molecule has 0 aliphatic rings. The van der Waals surface area contributed by atoms with Crippen molar-refractivity contribution in [1.29, 1.82) is 0 Å². The molecule has 0 saturated heterocycles. The van der Waals surface area contributed by atoms with Crippen LogP contribution in [0.3, 0.4) is 0 Å². The van der Waals surface area contributed by atoms with Gasteiger partial charge in [-0.2, -0.15) is 0 Å². The molecule has 0 fully saturated rings. The minimum atomic E-state index is -4.04. The van der Waals surface area contributed by atoms with Crippen LogP contribution in [0.4, 0.5) is 5.69 Å². The van der Waals surface area contributed by atoms with Gasteiger partial charge in [0.25, 0.3) is 15.9 Å². The molecule has 7 nitrogen and oxygen atoms in total. The maximum absolute atomic E-state index is 13.1. The van der Waals surface area contributed by atoms with Crippen LogP contribution in [0, 0.1) is 13.8 Å².